The number of fused-ring (bicyclic) bond motifs is 1. The molecule has 308 valence electrons. The summed E-state index contributed by atoms with van der Waals surface area (Å²) in [5, 5.41) is 20.8. The molecule has 0 aliphatic heterocycles. The molecule has 0 spiro atoms. The lowest BCUT2D eigenvalue weighted by atomic mass is 9.97. The van der Waals surface area contributed by atoms with Crippen LogP contribution in [-0.2, 0) is 44.5 Å². The number of hydrogen-bond donors (Lipinski definition) is 8. The number of alkyl halides is 3. The predicted molar refractivity (Wildman–Crippen MR) is 192 cm³/mol. The zero-order valence-corrected chi connectivity index (χ0v) is 30.7. The Morgan fingerprint density at radius 1 is 0.911 bits per heavy atom. The molecule has 0 radical (unpaired) electrons. The Kier molecular flexibility index (Phi) is 17.7. The summed E-state index contributed by atoms with van der Waals surface area (Å²) in [6.45, 7) is 2.65. The summed E-state index contributed by atoms with van der Waals surface area (Å²) in [5.41, 5.74) is 7.59. The number of halogens is 3. The van der Waals surface area contributed by atoms with E-state index in [1.165, 1.54) is 0 Å². The number of esters is 1. The molecule has 0 aliphatic carbocycles. The SMILES string of the molecule is CC[C@H](C)[C@H](NC(=O)CCC(=O)OC)C(=O)N[C@@H](CCC(=O)O)C(=O)NCC(=O)N[C@@H](CCCN=C(N)N)C(=O)Nc1ccc2c(C(F)(F)F)cc(=O)oc2c1. The molecule has 0 saturated heterocycles. The number of carboxylic acid groups (broad SMARTS) is 1. The zero-order chi connectivity index (χ0) is 42.2. The van der Waals surface area contributed by atoms with E-state index in [1.807, 2.05) is 0 Å². The van der Waals surface area contributed by atoms with Crippen LogP contribution in [0.1, 0.15) is 64.4 Å². The van der Waals surface area contributed by atoms with Crippen molar-refractivity contribution in [2.75, 3.05) is 25.5 Å². The van der Waals surface area contributed by atoms with Gasteiger partial charge in [-0.25, -0.2) is 4.79 Å². The van der Waals surface area contributed by atoms with Gasteiger partial charge in [-0.05, 0) is 37.3 Å². The van der Waals surface area contributed by atoms with Gasteiger partial charge in [0.05, 0.1) is 25.6 Å². The first-order valence-electron chi connectivity index (χ1n) is 17.2. The molecule has 0 saturated carbocycles. The van der Waals surface area contributed by atoms with E-state index in [2.05, 4.69) is 36.3 Å². The highest BCUT2D eigenvalue weighted by Crippen LogP contribution is 2.34. The number of methoxy groups -OCH3 is 1. The number of guanidine groups is 1. The van der Waals surface area contributed by atoms with Crippen LogP contribution in [0, 0.1) is 5.92 Å². The van der Waals surface area contributed by atoms with Gasteiger partial charge in [0.15, 0.2) is 5.96 Å². The number of benzene rings is 1. The van der Waals surface area contributed by atoms with Gasteiger partial charge in [0.25, 0.3) is 0 Å². The summed E-state index contributed by atoms with van der Waals surface area (Å²) in [6.07, 6.45) is -5.94. The van der Waals surface area contributed by atoms with Gasteiger partial charge in [0, 0.05) is 42.6 Å². The maximum absolute atomic E-state index is 13.5. The van der Waals surface area contributed by atoms with Gasteiger partial charge < -0.3 is 52.3 Å². The summed E-state index contributed by atoms with van der Waals surface area (Å²) >= 11 is 0. The van der Waals surface area contributed by atoms with Crippen LogP contribution in [0.4, 0.5) is 18.9 Å². The van der Waals surface area contributed by atoms with Crippen molar-refractivity contribution in [2.45, 2.75) is 83.1 Å². The van der Waals surface area contributed by atoms with E-state index in [9.17, 15) is 56.6 Å². The number of anilines is 1. The number of aliphatic carboxylic acids is 1. The monoisotopic (exact) mass is 798 g/mol. The quantitative estimate of drug-likeness (QED) is 0.0276. The highest BCUT2D eigenvalue weighted by Gasteiger charge is 2.34. The van der Waals surface area contributed by atoms with Crippen molar-refractivity contribution in [2.24, 2.45) is 22.4 Å². The van der Waals surface area contributed by atoms with Crippen molar-refractivity contribution in [3.05, 3.63) is 40.2 Å². The average molecular weight is 799 g/mol. The normalized spacial score (nSPS) is 13.2. The van der Waals surface area contributed by atoms with E-state index in [0.29, 0.717) is 12.5 Å². The fraction of sp³-hybridized carbons (Fsp3) is 0.500. The lowest BCUT2D eigenvalue weighted by molar-refractivity contribution is -0.142. The standard InChI is InChI=1S/C34H45F3N8O11/c1-4-17(2)29(45-24(46)10-12-27(50)55-3)32(54)44-22(9-11-26(48)49)30(52)41-16-25(47)43-21(6-5-13-40-33(38)39)31(53)42-18-7-8-19-20(34(35,36)37)15-28(51)56-23(19)14-18/h7-8,14-15,17,21-22,29H,4-6,9-13,16H2,1-3H3,(H,41,52)(H,42,53)(H,43,47)(H,44,54)(H,45,46)(H,48,49)(H4,38,39,40)/t17-,21-,22-,29-/m0/s1. The number of nitrogens with two attached hydrogens (primary N) is 2. The van der Waals surface area contributed by atoms with Crippen molar-refractivity contribution in [1.29, 1.82) is 0 Å². The first-order valence-corrected chi connectivity index (χ1v) is 17.2. The van der Waals surface area contributed by atoms with Gasteiger partial charge in [-0.1, -0.05) is 20.3 Å². The van der Waals surface area contributed by atoms with Crippen LogP contribution in [0.2, 0.25) is 0 Å². The molecule has 0 aliphatic rings. The predicted octanol–water partition coefficient (Wildman–Crippen LogP) is 0.239. The number of carbonyl (C=O) groups excluding carboxylic acids is 6. The number of ether oxygens (including phenoxy) is 1. The topological polar surface area (TPSA) is 304 Å². The molecule has 0 fully saturated rings. The van der Waals surface area contributed by atoms with Crippen LogP contribution in [0.3, 0.4) is 0 Å². The Morgan fingerprint density at radius 2 is 1.59 bits per heavy atom. The molecular formula is C34H45F3N8O11. The first-order chi connectivity index (χ1) is 26.2. The molecule has 1 aromatic carbocycles. The number of amides is 5. The van der Waals surface area contributed by atoms with Crippen LogP contribution < -0.4 is 43.7 Å². The fourth-order valence-corrected chi connectivity index (χ4v) is 5.08. The van der Waals surface area contributed by atoms with Crippen LogP contribution in [0.15, 0.2) is 38.5 Å². The molecule has 0 unspecified atom stereocenters. The third-order valence-electron chi connectivity index (χ3n) is 8.21. The second-order valence-electron chi connectivity index (χ2n) is 12.5. The summed E-state index contributed by atoms with van der Waals surface area (Å²) in [4.78, 5) is 104. The molecule has 10 N–H and O–H groups in total. The minimum atomic E-state index is -4.87. The lowest BCUT2D eigenvalue weighted by Gasteiger charge is -2.26. The molecule has 1 aromatic heterocycles. The van der Waals surface area contributed by atoms with E-state index < -0.39 is 113 Å². The van der Waals surface area contributed by atoms with Crippen molar-refractivity contribution < 1.29 is 61.0 Å². The third kappa shape index (κ3) is 15.3. The van der Waals surface area contributed by atoms with Gasteiger partial charge in [0.2, 0.25) is 29.5 Å². The third-order valence-corrected chi connectivity index (χ3v) is 8.21. The maximum atomic E-state index is 13.5. The van der Waals surface area contributed by atoms with E-state index in [0.717, 1.165) is 25.3 Å². The van der Waals surface area contributed by atoms with Crippen LogP contribution >= 0.6 is 0 Å². The van der Waals surface area contributed by atoms with Crippen molar-refractivity contribution in [1.82, 2.24) is 21.3 Å². The molecular weight excluding hydrogens is 753 g/mol. The van der Waals surface area contributed by atoms with E-state index in [-0.39, 0.29) is 43.9 Å². The minimum Gasteiger partial charge on any atom is -0.481 e. The van der Waals surface area contributed by atoms with E-state index in [1.54, 1.807) is 13.8 Å². The number of nitrogens with zero attached hydrogens (tertiary/aromatic N) is 1. The maximum Gasteiger partial charge on any atom is 0.417 e. The second kappa shape index (κ2) is 21.6. The summed E-state index contributed by atoms with van der Waals surface area (Å²) in [5.74, 6) is -6.89. The highest BCUT2D eigenvalue weighted by molar-refractivity contribution is 5.99. The number of rotatable bonds is 21. The number of nitrogens with one attached hydrogen (secondary N) is 5. The first kappa shape index (κ1) is 45.9. The Bertz CT molecular complexity index is 1850. The largest absolute Gasteiger partial charge is 0.481 e. The summed E-state index contributed by atoms with van der Waals surface area (Å²) in [6, 6.07) is -0.606. The Morgan fingerprint density at radius 3 is 2.20 bits per heavy atom. The smallest absolute Gasteiger partial charge is 0.417 e. The number of carbonyl (C=O) groups is 7. The lowest BCUT2D eigenvalue weighted by Crippen LogP contribution is -2.56. The zero-order valence-electron chi connectivity index (χ0n) is 30.7. The molecule has 2 rings (SSSR count). The van der Waals surface area contributed by atoms with E-state index >= 15 is 0 Å². The van der Waals surface area contributed by atoms with Crippen molar-refractivity contribution in [3.8, 4) is 0 Å². The van der Waals surface area contributed by atoms with Gasteiger partial charge in [-0.2, -0.15) is 13.2 Å². The summed E-state index contributed by atoms with van der Waals surface area (Å²) < 4.78 is 49.8. The molecule has 56 heavy (non-hydrogen) atoms. The molecule has 19 nitrogen and oxygen atoms in total. The van der Waals surface area contributed by atoms with Gasteiger partial charge >= 0.3 is 23.7 Å². The van der Waals surface area contributed by atoms with Crippen LogP contribution in [-0.4, -0.2) is 90.9 Å². The minimum absolute atomic E-state index is 0.0361. The molecule has 2 aromatic rings. The van der Waals surface area contributed by atoms with Crippen LogP contribution in [0.5, 0.6) is 0 Å². The van der Waals surface area contributed by atoms with Crippen LogP contribution in [0.25, 0.3) is 11.0 Å². The molecule has 0 bridgehead atoms. The van der Waals surface area contributed by atoms with Gasteiger partial charge in [0.1, 0.15) is 23.7 Å². The Hall–Kier alpha value is -6.22. The molecule has 4 atom stereocenters. The number of aliphatic imine (C=N–C) groups is 1. The van der Waals surface area contributed by atoms with E-state index in [4.69, 9.17) is 15.9 Å². The highest BCUT2D eigenvalue weighted by atomic mass is 19.4. The van der Waals surface area contributed by atoms with Gasteiger partial charge in [-0.3, -0.25) is 38.6 Å². The van der Waals surface area contributed by atoms with Crippen molar-refractivity contribution in [3.63, 3.8) is 0 Å². The molecule has 1 heterocycles. The van der Waals surface area contributed by atoms with Gasteiger partial charge in [-0.15, -0.1) is 0 Å². The van der Waals surface area contributed by atoms with Crippen molar-refractivity contribution >= 4 is 64.1 Å². The molecule has 5 amide bonds. The Labute approximate surface area is 317 Å². The second-order valence-corrected chi connectivity index (χ2v) is 12.5. The summed E-state index contributed by atoms with van der Waals surface area (Å²) in [7, 11) is 1.15. The number of hydrogen-bond acceptors (Lipinski definition) is 11. The number of carboxylic acids is 1. The Balaban J connectivity index is 2.21. The molecule has 22 heteroatoms. The fourth-order valence-electron chi connectivity index (χ4n) is 5.08. The average Bonchev–Trinajstić information content (AvgIpc) is 3.13.